The SMILES string of the molecule is Cc1ccc(OC[C@@H]2CCCN(C(=O)c3snnc3C)C2)cc1. The summed E-state index contributed by atoms with van der Waals surface area (Å²) >= 11 is 1.18. The van der Waals surface area contributed by atoms with Crippen molar-refractivity contribution in [3.63, 3.8) is 0 Å². The molecule has 1 saturated heterocycles. The van der Waals surface area contributed by atoms with Gasteiger partial charge in [-0.25, -0.2) is 0 Å². The third-order valence-electron chi connectivity index (χ3n) is 4.16. The smallest absolute Gasteiger partial charge is 0.267 e. The van der Waals surface area contributed by atoms with Crippen LogP contribution in [0.1, 0.15) is 33.8 Å². The molecule has 0 aliphatic carbocycles. The summed E-state index contributed by atoms with van der Waals surface area (Å²) in [5, 5.41) is 3.93. The van der Waals surface area contributed by atoms with E-state index in [1.165, 1.54) is 17.1 Å². The van der Waals surface area contributed by atoms with E-state index in [0.717, 1.165) is 37.4 Å². The monoisotopic (exact) mass is 331 g/mol. The first-order valence-corrected chi connectivity index (χ1v) is 8.68. The molecule has 1 aromatic heterocycles. The lowest BCUT2D eigenvalue weighted by molar-refractivity contribution is 0.0637. The molecule has 1 atom stereocenters. The number of carbonyl (C=O) groups is 1. The molecule has 1 fully saturated rings. The van der Waals surface area contributed by atoms with Gasteiger partial charge in [-0.2, -0.15) is 0 Å². The van der Waals surface area contributed by atoms with Crippen molar-refractivity contribution in [3.8, 4) is 5.75 Å². The number of piperidine rings is 1. The summed E-state index contributed by atoms with van der Waals surface area (Å²) in [5.41, 5.74) is 1.94. The molecule has 1 aliphatic heterocycles. The molecular weight excluding hydrogens is 310 g/mol. The summed E-state index contributed by atoms with van der Waals surface area (Å²) in [7, 11) is 0. The Morgan fingerprint density at radius 3 is 2.83 bits per heavy atom. The van der Waals surface area contributed by atoms with E-state index in [-0.39, 0.29) is 5.91 Å². The van der Waals surface area contributed by atoms with Gasteiger partial charge in [0.25, 0.3) is 5.91 Å². The van der Waals surface area contributed by atoms with Gasteiger partial charge in [0.15, 0.2) is 0 Å². The standard InChI is InChI=1S/C17H21N3O2S/c1-12-5-7-15(8-6-12)22-11-14-4-3-9-20(10-14)17(21)16-13(2)18-19-23-16/h5-8,14H,3-4,9-11H2,1-2H3/t14-/m1/s1. The molecule has 6 heteroatoms. The summed E-state index contributed by atoms with van der Waals surface area (Å²) in [6.07, 6.45) is 2.11. The zero-order valence-corrected chi connectivity index (χ0v) is 14.3. The number of hydrogen-bond acceptors (Lipinski definition) is 5. The Hall–Kier alpha value is -1.95. The highest BCUT2D eigenvalue weighted by molar-refractivity contribution is 7.07. The lowest BCUT2D eigenvalue weighted by Crippen LogP contribution is -2.41. The minimum atomic E-state index is 0.0533. The zero-order chi connectivity index (χ0) is 16.2. The first-order chi connectivity index (χ1) is 11.1. The highest BCUT2D eigenvalue weighted by Gasteiger charge is 2.27. The van der Waals surface area contributed by atoms with E-state index < -0.39 is 0 Å². The van der Waals surface area contributed by atoms with Gasteiger partial charge in [-0.3, -0.25) is 4.79 Å². The maximum absolute atomic E-state index is 12.6. The molecular formula is C17H21N3O2S. The van der Waals surface area contributed by atoms with E-state index in [2.05, 4.69) is 16.5 Å². The van der Waals surface area contributed by atoms with Crippen LogP contribution in [0.5, 0.6) is 5.75 Å². The summed E-state index contributed by atoms with van der Waals surface area (Å²) in [6.45, 7) is 6.08. The van der Waals surface area contributed by atoms with Gasteiger partial charge >= 0.3 is 0 Å². The Bertz CT molecular complexity index is 669. The van der Waals surface area contributed by atoms with E-state index >= 15 is 0 Å². The molecule has 0 unspecified atom stereocenters. The van der Waals surface area contributed by atoms with Crippen molar-refractivity contribution in [3.05, 3.63) is 40.4 Å². The molecule has 3 rings (SSSR count). The van der Waals surface area contributed by atoms with Crippen molar-refractivity contribution < 1.29 is 9.53 Å². The first-order valence-electron chi connectivity index (χ1n) is 7.91. The van der Waals surface area contributed by atoms with Crippen LogP contribution in [0.4, 0.5) is 0 Å². The van der Waals surface area contributed by atoms with E-state index in [1.54, 1.807) is 0 Å². The Balaban J connectivity index is 1.57. The number of ether oxygens (including phenoxy) is 1. The third kappa shape index (κ3) is 3.88. The number of hydrogen-bond donors (Lipinski definition) is 0. The molecule has 23 heavy (non-hydrogen) atoms. The van der Waals surface area contributed by atoms with Crippen LogP contribution in [0, 0.1) is 19.8 Å². The predicted molar refractivity (Wildman–Crippen MR) is 89.9 cm³/mol. The minimum absolute atomic E-state index is 0.0533. The molecule has 0 N–H and O–H groups in total. The third-order valence-corrected chi connectivity index (χ3v) is 4.97. The molecule has 2 aromatic rings. The zero-order valence-electron chi connectivity index (χ0n) is 13.5. The average Bonchev–Trinajstić information content (AvgIpc) is 3.00. The van der Waals surface area contributed by atoms with Crippen LogP contribution in [-0.4, -0.2) is 40.1 Å². The van der Waals surface area contributed by atoms with E-state index in [9.17, 15) is 4.79 Å². The van der Waals surface area contributed by atoms with Crippen LogP contribution in [0.2, 0.25) is 0 Å². The molecule has 0 radical (unpaired) electrons. The van der Waals surface area contributed by atoms with Crippen molar-refractivity contribution in [2.24, 2.45) is 5.92 Å². The van der Waals surface area contributed by atoms with E-state index in [0.29, 0.717) is 17.4 Å². The fraction of sp³-hybridized carbons (Fsp3) is 0.471. The van der Waals surface area contributed by atoms with Crippen LogP contribution in [-0.2, 0) is 0 Å². The first kappa shape index (κ1) is 15.9. The average molecular weight is 331 g/mol. The normalized spacial score (nSPS) is 18.0. The predicted octanol–water partition coefficient (Wildman–Crippen LogP) is 3.09. The van der Waals surface area contributed by atoms with Gasteiger partial charge in [-0.05, 0) is 50.4 Å². The van der Waals surface area contributed by atoms with E-state index in [4.69, 9.17) is 4.74 Å². The van der Waals surface area contributed by atoms with Crippen molar-refractivity contribution in [2.75, 3.05) is 19.7 Å². The second-order valence-corrected chi connectivity index (χ2v) is 6.83. The van der Waals surface area contributed by atoms with Crippen LogP contribution in [0.3, 0.4) is 0 Å². The number of likely N-dealkylation sites (tertiary alicyclic amines) is 1. The number of amides is 1. The molecule has 0 bridgehead atoms. The van der Waals surface area contributed by atoms with Crippen LogP contribution in [0.25, 0.3) is 0 Å². The van der Waals surface area contributed by atoms with Crippen molar-refractivity contribution in [1.82, 2.24) is 14.5 Å². The lowest BCUT2D eigenvalue weighted by atomic mass is 9.98. The second kappa shape index (κ2) is 7.08. The lowest BCUT2D eigenvalue weighted by Gasteiger charge is -2.32. The Morgan fingerprint density at radius 1 is 1.35 bits per heavy atom. The molecule has 5 nitrogen and oxygen atoms in total. The van der Waals surface area contributed by atoms with Gasteiger partial charge in [0.05, 0.1) is 12.3 Å². The maximum Gasteiger partial charge on any atom is 0.267 e. The highest BCUT2D eigenvalue weighted by Crippen LogP contribution is 2.22. The van der Waals surface area contributed by atoms with Gasteiger partial charge in [0, 0.05) is 19.0 Å². The molecule has 1 aromatic carbocycles. The van der Waals surface area contributed by atoms with Crippen LogP contribution < -0.4 is 4.74 Å². The summed E-state index contributed by atoms with van der Waals surface area (Å²) < 4.78 is 9.74. The van der Waals surface area contributed by atoms with Crippen LogP contribution >= 0.6 is 11.5 Å². The van der Waals surface area contributed by atoms with E-state index in [1.807, 2.05) is 36.1 Å². The van der Waals surface area contributed by atoms with Crippen molar-refractivity contribution in [1.29, 1.82) is 0 Å². The molecule has 0 saturated carbocycles. The molecule has 1 aliphatic rings. The number of aromatic nitrogens is 2. The van der Waals surface area contributed by atoms with Gasteiger partial charge in [0.1, 0.15) is 10.6 Å². The number of carbonyl (C=O) groups excluding carboxylic acids is 1. The number of benzene rings is 1. The Labute approximate surface area is 140 Å². The van der Waals surface area contributed by atoms with Crippen molar-refractivity contribution >= 4 is 17.4 Å². The number of nitrogens with zero attached hydrogens (tertiary/aromatic N) is 3. The highest BCUT2D eigenvalue weighted by atomic mass is 32.1. The molecule has 0 spiro atoms. The minimum Gasteiger partial charge on any atom is -0.493 e. The summed E-state index contributed by atoms with van der Waals surface area (Å²) in [4.78, 5) is 15.1. The Kier molecular flexibility index (Phi) is 4.91. The van der Waals surface area contributed by atoms with Crippen LogP contribution in [0.15, 0.2) is 24.3 Å². The second-order valence-electron chi connectivity index (χ2n) is 6.07. The van der Waals surface area contributed by atoms with Gasteiger partial charge in [0.2, 0.25) is 0 Å². The van der Waals surface area contributed by atoms with Crippen molar-refractivity contribution in [2.45, 2.75) is 26.7 Å². The largest absolute Gasteiger partial charge is 0.493 e. The fourth-order valence-electron chi connectivity index (χ4n) is 2.81. The topological polar surface area (TPSA) is 55.3 Å². The molecule has 2 heterocycles. The Morgan fingerprint density at radius 2 is 2.13 bits per heavy atom. The quantitative estimate of drug-likeness (QED) is 0.864. The summed E-state index contributed by atoms with van der Waals surface area (Å²) in [6, 6.07) is 8.08. The number of rotatable bonds is 4. The molecule has 1 amide bonds. The maximum atomic E-state index is 12.6. The van der Waals surface area contributed by atoms with Gasteiger partial charge in [-0.1, -0.05) is 22.2 Å². The van der Waals surface area contributed by atoms with Gasteiger partial charge in [-0.15, -0.1) is 5.10 Å². The van der Waals surface area contributed by atoms with Gasteiger partial charge < -0.3 is 9.64 Å². The summed E-state index contributed by atoms with van der Waals surface area (Å²) in [5.74, 6) is 1.31. The molecule has 122 valence electrons. The number of aryl methyl sites for hydroxylation is 2. The fourth-order valence-corrected chi connectivity index (χ4v) is 3.43.